The summed E-state index contributed by atoms with van der Waals surface area (Å²) in [5, 5.41) is 3.26. The summed E-state index contributed by atoms with van der Waals surface area (Å²) < 4.78 is 28.1. The number of ether oxygens (including phenoxy) is 1. The molecule has 2 saturated heterocycles. The van der Waals surface area contributed by atoms with Gasteiger partial charge in [0.2, 0.25) is 5.95 Å². The van der Waals surface area contributed by atoms with Gasteiger partial charge in [-0.25, -0.2) is 18.4 Å². The van der Waals surface area contributed by atoms with Crippen LogP contribution in [0.3, 0.4) is 0 Å². The van der Waals surface area contributed by atoms with E-state index in [9.17, 15) is 8.42 Å². The fourth-order valence-electron chi connectivity index (χ4n) is 2.58. The Bertz CT molecular complexity index is 570. The zero-order chi connectivity index (χ0) is 14.7. The summed E-state index contributed by atoms with van der Waals surface area (Å²) in [5.41, 5.74) is 0.969. The van der Waals surface area contributed by atoms with Crippen LogP contribution in [0, 0.1) is 0 Å². The molecule has 0 aliphatic carbocycles. The predicted octanol–water partition coefficient (Wildman–Crippen LogP) is -0.410. The smallest absolute Gasteiger partial charge is 0.225 e. The van der Waals surface area contributed by atoms with E-state index < -0.39 is 9.84 Å². The first-order valence-corrected chi connectivity index (χ1v) is 9.02. The van der Waals surface area contributed by atoms with Gasteiger partial charge in [-0.15, -0.1) is 0 Å². The highest BCUT2D eigenvalue weighted by atomic mass is 32.2. The number of hydrogen-bond acceptors (Lipinski definition) is 7. The van der Waals surface area contributed by atoms with Gasteiger partial charge in [0, 0.05) is 43.6 Å². The van der Waals surface area contributed by atoms with Crippen molar-refractivity contribution in [3.8, 4) is 0 Å². The Morgan fingerprint density at radius 2 is 2.00 bits per heavy atom. The Balaban J connectivity index is 1.52. The van der Waals surface area contributed by atoms with Crippen molar-refractivity contribution in [2.24, 2.45) is 0 Å². The van der Waals surface area contributed by atoms with Gasteiger partial charge >= 0.3 is 0 Å². The zero-order valence-corrected chi connectivity index (χ0v) is 12.7. The third kappa shape index (κ3) is 3.90. The maximum atomic E-state index is 11.4. The number of rotatable bonds is 4. The van der Waals surface area contributed by atoms with Crippen molar-refractivity contribution in [3.05, 3.63) is 18.0 Å². The second-order valence-electron chi connectivity index (χ2n) is 5.47. The normalized spacial score (nSPS) is 25.1. The van der Waals surface area contributed by atoms with Crippen molar-refractivity contribution < 1.29 is 13.2 Å². The highest BCUT2D eigenvalue weighted by molar-refractivity contribution is 7.91. The van der Waals surface area contributed by atoms with Crippen molar-refractivity contribution in [1.82, 2.24) is 15.3 Å². The Hall–Kier alpha value is -1.25. The second-order valence-corrected chi connectivity index (χ2v) is 7.70. The summed E-state index contributed by atoms with van der Waals surface area (Å²) in [5.74, 6) is 1.25. The Morgan fingerprint density at radius 1 is 1.29 bits per heavy atom. The minimum atomic E-state index is -2.83. The summed E-state index contributed by atoms with van der Waals surface area (Å²) in [6, 6.07) is 0.0499. The van der Waals surface area contributed by atoms with Crippen LogP contribution in [-0.4, -0.2) is 62.2 Å². The number of anilines is 1. The number of aromatic nitrogens is 2. The van der Waals surface area contributed by atoms with Gasteiger partial charge in [-0.2, -0.15) is 0 Å². The lowest BCUT2D eigenvalue weighted by atomic mass is 10.2. The molecule has 0 amide bonds. The van der Waals surface area contributed by atoms with E-state index in [0.717, 1.165) is 24.6 Å². The highest BCUT2D eigenvalue weighted by Crippen LogP contribution is 2.13. The molecule has 1 aromatic rings. The van der Waals surface area contributed by atoms with Crippen LogP contribution in [0.1, 0.15) is 12.0 Å². The van der Waals surface area contributed by atoms with E-state index in [1.807, 2.05) is 0 Å². The summed E-state index contributed by atoms with van der Waals surface area (Å²) in [4.78, 5) is 10.9. The van der Waals surface area contributed by atoms with E-state index in [0.29, 0.717) is 26.2 Å². The van der Waals surface area contributed by atoms with Crippen LogP contribution in [0.5, 0.6) is 0 Å². The molecule has 1 aromatic heterocycles. The number of nitrogens with zero attached hydrogens (tertiary/aromatic N) is 3. The first-order valence-electron chi connectivity index (χ1n) is 7.20. The van der Waals surface area contributed by atoms with Crippen molar-refractivity contribution in [2.45, 2.75) is 19.0 Å². The molecule has 3 rings (SSSR count). The van der Waals surface area contributed by atoms with E-state index in [2.05, 4.69) is 20.2 Å². The average molecular weight is 312 g/mol. The second kappa shape index (κ2) is 6.25. The molecule has 0 spiro atoms. The van der Waals surface area contributed by atoms with E-state index in [4.69, 9.17) is 4.74 Å². The SMILES string of the molecule is O=S1(=O)CC[C@H](NCc2cnc(N3CCOCC3)nc2)C1. The number of hydrogen-bond donors (Lipinski definition) is 1. The molecule has 2 fully saturated rings. The van der Waals surface area contributed by atoms with Crippen LogP contribution >= 0.6 is 0 Å². The van der Waals surface area contributed by atoms with E-state index in [-0.39, 0.29) is 17.5 Å². The van der Waals surface area contributed by atoms with E-state index >= 15 is 0 Å². The summed E-state index contributed by atoms with van der Waals surface area (Å²) in [6.07, 6.45) is 4.29. The standard InChI is InChI=1S/C13H20N4O3S/c18-21(19)6-1-12(10-21)14-7-11-8-15-13(16-9-11)17-2-4-20-5-3-17/h8-9,12,14H,1-7,10H2/t12-/m0/s1. The van der Waals surface area contributed by atoms with E-state index in [1.54, 1.807) is 12.4 Å². The minimum Gasteiger partial charge on any atom is -0.378 e. The summed E-state index contributed by atoms with van der Waals surface area (Å²) in [6.45, 7) is 3.66. The number of morpholine rings is 1. The lowest BCUT2D eigenvalue weighted by molar-refractivity contribution is 0.122. The van der Waals surface area contributed by atoms with Gasteiger partial charge in [0.25, 0.3) is 0 Å². The number of nitrogens with one attached hydrogen (secondary N) is 1. The van der Waals surface area contributed by atoms with E-state index in [1.165, 1.54) is 0 Å². The molecule has 2 aliphatic rings. The van der Waals surface area contributed by atoms with Crippen molar-refractivity contribution in [1.29, 1.82) is 0 Å². The molecular weight excluding hydrogens is 292 g/mol. The van der Waals surface area contributed by atoms with Gasteiger partial charge in [0.15, 0.2) is 9.84 Å². The van der Waals surface area contributed by atoms with Crippen molar-refractivity contribution in [3.63, 3.8) is 0 Å². The van der Waals surface area contributed by atoms with Crippen LogP contribution in [0.25, 0.3) is 0 Å². The van der Waals surface area contributed by atoms with Gasteiger partial charge in [-0.05, 0) is 6.42 Å². The molecule has 0 bridgehead atoms. The maximum absolute atomic E-state index is 11.4. The van der Waals surface area contributed by atoms with Gasteiger partial charge in [-0.1, -0.05) is 0 Å². The van der Waals surface area contributed by atoms with Crippen LogP contribution in [-0.2, 0) is 21.1 Å². The third-order valence-electron chi connectivity index (χ3n) is 3.81. The van der Waals surface area contributed by atoms with Crippen LogP contribution in [0.4, 0.5) is 5.95 Å². The third-order valence-corrected chi connectivity index (χ3v) is 5.58. The highest BCUT2D eigenvalue weighted by Gasteiger charge is 2.27. The molecule has 2 aliphatic heterocycles. The molecule has 1 N–H and O–H groups in total. The van der Waals surface area contributed by atoms with Crippen molar-refractivity contribution in [2.75, 3.05) is 42.7 Å². The molecule has 116 valence electrons. The quantitative estimate of drug-likeness (QED) is 0.809. The molecule has 21 heavy (non-hydrogen) atoms. The van der Waals surface area contributed by atoms with Crippen molar-refractivity contribution >= 4 is 15.8 Å². The fraction of sp³-hybridized carbons (Fsp3) is 0.692. The molecule has 0 aromatic carbocycles. The molecule has 0 saturated carbocycles. The Labute approximate surface area is 124 Å². The molecule has 7 nitrogen and oxygen atoms in total. The first kappa shape index (κ1) is 14.7. The lowest BCUT2D eigenvalue weighted by Gasteiger charge is -2.26. The molecule has 8 heteroatoms. The summed E-state index contributed by atoms with van der Waals surface area (Å²) in [7, 11) is -2.83. The van der Waals surface area contributed by atoms with Gasteiger partial charge < -0.3 is 15.0 Å². The van der Waals surface area contributed by atoms with Gasteiger partial charge in [-0.3, -0.25) is 0 Å². The van der Waals surface area contributed by atoms with Crippen LogP contribution in [0.2, 0.25) is 0 Å². The summed E-state index contributed by atoms with van der Waals surface area (Å²) >= 11 is 0. The number of sulfone groups is 1. The largest absolute Gasteiger partial charge is 0.378 e. The molecule has 1 atom stereocenters. The minimum absolute atomic E-state index is 0.0499. The lowest BCUT2D eigenvalue weighted by Crippen LogP contribution is -2.37. The molecule has 0 unspecified atom stereocenters. The Kier molecular flexibility index (Phi) is 4.37. The Morgan fingerprint density at radius 3 is 2.62 bits per heavy atom. The fourth-order valence-corrected chi connectivity index (χ4v) is 4.29. The van der Waals surface area contributed by atoms with Crippen LogP contribution in [0.15, 0.2) is 12.4 Å². The maximum Gasteiger partial charge on any atom is 0.225 e. The average Bonchev–Trinajstić information content (AvgIpc) is 2.86. The monoisotopic (exact) mass is 312 g/mol. The van der Waals surface area contributed by atoms with Gasteiger partial charge in [0.1, 0.15) is 0 Å². The van der Waals surface area contributed by atoms with Crippen LogP contribution < -0.4 is 10.2 Å². The molecule has 0 radical (unpaired) electrons. The molecule has 3 heterocycles. The zero-order valence-electron chi connectivity index (χ0n) is 11.9. The topological polar surface area (TPSA) is 84.4 Å². The first-order chi connectivity index (χ1) is 10.1. The van der Waals surface area contributed by atoms with Gasteiger partial charge in [0.05, 0.1) is 24.7 Å². The predicted molar refractivity (Wildman–Crippen MR) is 79.0 cm³/mol. The molecular formula is C13H20N4O3S.